The van der Waals surface area contributed by atoms with Crippen LogP contribution in [0.1, 0.15) is 27.2 Å². The molecule has 2 aliphatic rings. The number of rotatable bonds is 4. The molecule has 0 spiro atoms. The number of esters is 1. The lowest BCUT2D eigenvalue weighted by Gasteiger charge is -2.43. The molecule has 0 radical (unpaired) electrons. The van der Waals surface area contributed by atoms with E-state index in [4.69, 9.17) is 13.9 Å². The van der Waals surface area contributed by atoms with Crippen LogP contribution in [0.25, 0.3) is 0 Å². The molecule has 2 rings (SSSR count). The molecule has 5 heteroatoms. The second-order valence-electron chi connectivity index (χ2n) is 7.72. The Morgan fingerprint density at radius 1 is 1.43 bits per heavy atom. The van der Waals surface area contributed by atoms with E-state index in [2.05, 4.69) is 46.5 Å². The number of hydrogen-bond donors (Lipinski definition) is 0. The van der Waals surface area contributed by atoms with Gasteiger partial charge in [-0.1, -0.05) is 39.5 Å². The van der Waals surface area contributed by atoms with Crippen molar-refractivity contribution in [2.24, 2.45) is 11.8 Å². The van der Waals surface area contributed by atoms with E-state index in [9.17, 15) is 4.79 Å². The maximum Gasteiger partial charge on any atom is 0.337 e. The third kappa shape index (κ3) is 3.31. The van der Waals surface area contributed by atoms with Gasteiger partial charge in [-0.25, -0.2) is 4.79 Å². The van der Waals surface area contributed by atoms with Crippen LogP contribution in [-0.4, -0.2) is 27.7 Å². The lowest BCUT2D eigenvalue weighted by molar-refractivity contribution is -0.140. The Morgan fingerprint density at radius 3 is 2.61 bits per heavy atom. The molecule has 0 fully saturated rings. The Labute approximate surface area is 140 Å². The van der Waals surface area contributed by atoms with Crippen molar-refractivity contribution in [2.75, 3.05) is 7.11 Å². The Kier molecular flexibility index (Phi) is 4.92. The SMILES string of the molecule is C=CC1=CC[C@@H]2C(C(=O)OC)=COC(O[Si](C)(C)C(C)(C)C)[C@H]12. The fourth-order valence-corrected chi connectivity index (χ4v) is 4.00. The van der Waals surface area contributed by atoms with Gasteiger partial charge in [0.15, 0.2) is 14.6 Å². The summed E-state index contributed by atoms with van der Waals surface area (Å²) < 4.78 is 17.2. The van der Waals surface area contributed by atoms with Gasteiger partial charge in [-0.15, -0.1) is 0 Å². The molecule has 0 saturated carbocycles. The molecular formula is C18H28O4Si. The molecule has 128 valence electrons. The van der Waals surface area contributed by atoms with Gasteiger partial charge in [0, 0.05) is 5.92 Å². The van der Waals surface area contributed by atoms with Gasteiger partial charge in [-0.2, -0.15) is 0 Å². The van der Waals surface area contributed by atoms with Gasteiger partial charge in [0.25, 0.3) is 0 Å². The molecular weight excluding hydrogens is 308 g/mol. The maximum absolute atomic E-state index is 12.0. The van der Waals surface area contributed by atoms with Gasteiger partial charge in [-0.05, 0) is 30.1 Å². The second kappa shape index (κ2) is 6.28. The van der Waals surface area contributed by atoms with Gasteiger partial charge >= 0.3 is 5.97 Å². The molecule has 0 aromatic carbocycles. The van der Waals surface area contributed by atoms with Crippen LogP contribution < -0.4 is 0 Å². The lowest BCUT2D eigenvalue weighted by atomic mass is 9.83. The van der Waals surface area contributed by atoms with Crippen LogP contribution in [0.2, 0.25) is 18.1 Å². The van der Waals surface area contributed by atoms with E-state index in [0.29, 0.717) is 5.57 Å². The number of methoxy groups -OCH3 is 1. The fourth-order valence-electron chi connectivity index (χ4n) is 2.86. The van der Waals surface area contributed by atoms with E-state index in [0.717, 1.165) is 12.0 Å². The molecule has 1 aliphatic heterocycles. The van der Waals surface area contributed by atoms with E-state index in [1.165, 1.54) is 13.4 Å². The van der Waals surface area contributed by atoms with Gasteiger partial charge in [-0.3, -0.25) is 0 Å². The molecule has 0 saturated heterocycles. The molecule has 0 amide bonds. The Morgan fingerprint density at radius 2 is 2.09 bits per heavy atom. The first-order chi connectivity index (χ1) is 10.6. The molecule has 0 bridgehead atoms. The fraction of sp³-hybridized carbons (Fsp3) is 0.611. The number of fused-ring (bicyclic) bond motifs is 1. The smallest absolute Gasteiger partial charge is 0.337 e. The second-order valence-corrected chi connectivity index (χ2v) is 12.5. The quantitative estimate of drug-likeness (QED) is 0.571. The summed E-state index contributed by atoms with van der Waals surface area (Å²) in [6, 6.07) is 0. The third-order valence-corrected chi connectivity index (χ3v) is 9.76. The summed E-state index contributed by atoms with van der Waals surface area (Å²) in [7, 11) is -0.588. The minimum atomic E-state index is -1.98. The van der Waals surface area contributed by atoms with Crippen LogP contribution in [0, 0.1) is 11.8 Å². The Bertz CT molecular complexity index is 554. The topological polar surface area (TPSA) is 44.8 Å². The lowest BCUT2D eigenvalue weighted by Crippen LogP contribution is -2.48. The van der Waals surface area contributed by atoms with Crippen molar-refractivity contribution in [1.82, 2.24) is 0 Å². The summed E-state index contributed by atoms with van der Waals surface area (Å²) in [5, 5.41) is 0.0921. The number of carbonyl (C=O) groups is 1. The summed E-state index contributed by atoms with van der Waals surface area (Å²) in [6.07, 6.45) is 5.91. The van der Waals surface area contributed by atoms with Crippen LogP contribution >= 0.6 is 0 Å². The molecule has 23 heavy (non-hydrogen) atoms. The Hall–Kier alpha value is -1.33. The van der Waals surface area contributed by atoms with Crippen molar-refractivity contribution < 1.29 is 18.7 Å². The zero-order valence-electron chi connectivity index (χ0n) is 15.0. The highest BCUT2D eigenvalue weighted by molar-refractivity contribution is 6.74. The first-order valence-electron chi connectivity index (χ1n) is 8.06. The summed E-state index contributed by atoms with van der Waals surface area (Å²) in [5.74, 6) is -0.288. The minimum absolute atomic E-state index is 0.000671. The highest BCUT2D eigenvalue weighted by atomic mass is 28.4. The average molecular weight is 337 g/mol. The molecule has 1 heterocycles. The van der Waals surface area contributed by atoms with Crippen molar-refractivity contribution in [2.45, 2.75) is 51.6 Å². The van der Waals surface area contributed by atoms with Crippen molar-refractivity contribution >= 4 is 14.3 Å². The zero-order chi connectivity index (χ0) is 17.4. The van der Waals surface area contributed by atoms with Crippen molar-refractivity contribution in [3.63, 3.8) is 0 Å². The van der Waals surface area contributed by atoms with Crippen LogP contribution in [0.4, 0.5) is 0 Å². The van der Waals surface area contributed by atoms with Gasteiger partial charge in [0.05, 0.1) is 24.9 Å². The van der Waals surface area contributed by atoms with E-state index in [1.54, 1.807) is 0 Å². The monoisotopic (exact) mass is 336 g/mol. The summed E-state index contributed by atoms with van der Waals surface area (Å²) in [5.41, 5.74) is 1.67. The average Bonchev–Trinajstić information content (AvgIpc) is 2.89. The predicted octanol–water partition coefficient (Wildman–Crippen LogP) is 4.17. The third-order valence-electron chi connectivity index (χ3n) is 5.32. The highest BCUT2D eigenvalue weighted by Gasteiger charge is 2.48. The largest absolute Gasteiger partial charge is 0.472 e. The van der Waals surface area contributed by atoms with Crippen molar-refractivity contribution in [3.8, 4) is 0 Å². The van der Waals surface area contributed by atoms with Gasteiger partial charge in [0.2, 0.25) is 0 Å². The summed E-state index contributed by atoms with van der Waals surface area (Å²) in [4.78, 5) is 12.0. The first kappa shape index (κ1) is 18.0. The van der Waals surface area contributed by atoms with Gasteiger partial charge < -0.3 is 13.9 Å². The standard InChI is InChI=1S/C18H28O4Si/c1-8-12-9-10-13-14(16(19)20-5)11-21-17(15(12)13)22-23(6,7)18(2,3)4/h8-9,11,13,15,17H,1,10H2,2-7H3/t13-,15-,17?/m1/s1. The first-order valence-corrected chi connectivity index (χ1v) is 11.0. The predicted molar refractivity (Wildman–Crippen MR) is 93.1 cm³/mol. The van der Waals surface area contributed by atoms with Crippen molar-refractivity contribution in [1.29, 1.82) is 0 Å². The number of allylic oxidation sites excluding steroid dienone is 2. The van der Waals surface area contributed by atoms with Crippen LogP contribution in [0.3, 0.4) is 0 Å². The van der Waals surface area contributed by atoms with E-state index < -0.39 is 8.32 Å². The normalized spacial score (nSPS) is 27.5. The summed E-state index contributed by atoms with van der Waals surface area (Å²) in [6.45, 7) is 14.9. The summed E-state index contributed by atoms with van der Waals surface area (Å²) >= 11 is 0. The molecule has 4 nitrogen and oxygen atoms in total. The van der Waals surface area contributed by atoms with Crippen LogP contribution in [0.5, 0.6) is 0 Å². The number of carbonyl (C=O) groups excluding carboxylic acids is 1. The molecule has 3 atom stereocenters. The van der Waals surface area contributed by atoms with E-state index in [1.807, 2.05) is 6.08 Å². The minimum Gasteiger partial charge on any atom is -0.472 e. The molecule has 0 aromatic heterocycles. The molecule has 1 aliphatic carbocycles. The van der Waals surface area contributed by atoms with E-state index >= 15 is 0 Å². The van der Waals surface area contributed by atoms with Crippen LogP contribution in [0.15, 0.2) is 36.1 Å². The van der Waals surface area contributed by atoms with Crippen LogP contribution in [-0.2, 0) is 18.7 Å². The van der Waals surface area contributed by atoms with E-state index in [-0.39, 0.29) is 29.1 Å². The molecule has 0 N–H and O–H groups in total. The maximum atomic E-state index is 12.0. The van der Waals surface area contributed by atoms with Gasteiger partial charge in [0.1, 0.15) is 0 Å². The number of hydrogen-bond acceptors (Lipinski definition) is 4. The molecule has 0 aromatic rings. The van der Waals surface area contributed by atoms with Crippen molar-refractivity contribution in [3.05, 3.63) is 36.1 Å². The highest BCUT2D eigenvalue weighted by Crippen LogP contribution is 2.46. The Balaban J connectivity index is 2.31. The number of ether oxygens (including phenoxy) is 2. The molecule has 1 unspecified atom stereocenters. The zero-order valence-corrected chi connectivity index (χ0v) is 16.0.